The van der Waals surface area contributed by atoms with Crippen LogP contribution >= 0.6 is 15.9 Å². The fourth-order valence-corrected chi connectivity index (χ4v) is 3.94. The second-order valence-electron chi connectivity index (χ2n) is 4.64. The highest BCUT2D eigenvalue weighted by Gasteiger charge is 2.24. The van der Waals surface area contributed by atoms with Crippen molar-refractivity contribution in [3.8, 4) is 0 Å². The molecule has 0 amide bonds. The number of benzene rings is 1. The Hall–Kier alpha value is -1.22. The maximum absolute atomic E-state index is 12.6. The van der Waals surface area contributed by atoms with Crippen molar-refractivity contribution in [2.24, 2.45) is 7.05 Å². The largest absolute Gasteiger partial charge is 0.392 e. The minimum atomic E-state index is -3.67. The molecule has 0 radical (unpaired) electrons. The number of nitrogens with zero attached hydrogens (tertiary/aromatic N) is 3. The van der Waals surface area contributed by atoms with Crippen molar-refractivity contribution < 1.29 is 13.5 Å². The van der Waals surface area contributed by atoms with E-state index in [0.717, 1.165) is 0 Å². The molecule has 2 aromatic rings. The van der Waals surface area contributed by atoms with Gasteiger partial charge < -0.3 is 9.67 Å². The van der Waals surface area contributed by atoms with Crippen LogP contribution in [0.4, 0.5) is 0 Å². The molecular formula is C13H16BrN3O3S. The van der Waals surface area contributed by atoms with Gasteiger partial charge in [-0.1, -0.05) is 6.07 Å². The van der Waals surface area contributed by atoms with Gasteiger partial charge in [-0.25, -0.2) is 13.4 Å². The number of aromatic nitrogens is 2. The Kier molecular flexibility index (Phi) is 4.82. The van der Waals surface area contributed by atoms with Crippen LogP contribution in [0.3, 0.4) is 0 Å². The molecule has 6 nitrogen and oxygen atoms in total. The SMILES string of the molecule is CN(Cc1nccn1C)S(=O)(=O)c1cc(CO)ccc1Br. The Morgan fingerprint density at radius 1 is 1.43 bits per heavy atom. The predicted molar refractivity (Wildman–Crippen MR) is 81.9 cm³/mol. The molecule has 0 atom stereocenters. The average Bonchev–Trinajstić information content (AvgIpc) is 2.84. The number of sulfonamides is 1. The first-order valence-electron chi connectivity index (χ1n) is 6.18. The lowest BCUT2D eigenvalue weighted by atomic mass is 10.2. The summed E-state index contributed by atoms with van der Waals surface area (Å²) in [6.45, 7) is -0.0412. The van der Waals surface area contributed by atoms with Crippen molar-refractivity contribution in [3.05, 3.63) is 46.5 Å². The highest BCUT2D eigenvalue weighted by Crippen LogP contribution is 2.26. The van der Waals surface area contributed by atoms with E-state index in [2.05, 4.69) is 20.9 Å². The highest BCUT2D eigenvalue weighted by molar-refractivity contribution is 9.10. The number of aliphatic hydroxyl groups excluding tert-OH is 1. The van der Waals surface area contributed by atoms with Crippen LogP contribution in [0.25, 0.3) is 0 Å². The van der Waals surface area contributed by atoms with Gasteiger partial charge in [0.15, 0.2) is 0 Å². The van der Waals surface area contributed by atoms with E-state index in [1.807, 2.05) is 7.05 Å². The van der Waals surface area contributed by atoms with Gasteiger partial charge in [-0.15, -0.1) is 0 Å². The molecule has 114 valence electrons. The first-order chi connectivity index (χ1) is 9.86. The summed E-state index contributed by atoms with van der Waals surface area (Å²) in [7, 11) is -0.360. The molecule has 0 aliphatic rings. The van der Waals surface area contributed by atoms with Gasteiger partial charge in [0.1, 0.15) is 5.82 Å². The van der Waals surface area contributed by atoms with E-state index in [4.69, 9.17) is 5.11 Å². The quantitative estimate of drug-likeness (QED) is 0.861. The zero-order valence-corrected chi connectivity index (χ0v) is 14.1. The summed E-state index contributed by atoms with van der Waals surface area (Å²) >= 11 is 3.25. The monoisotopic (exact) mass is 373 g/mol. The van der Waals surface area contributed by atoms with E-state index >= 15 is 0 Å². The van der Waals surface area contributed by atoms with E-state index in [-0.39, 0.29) is 18.0 Å². The predicted octanol–water partition coefficient (Wildman–Crippen LogP) is 1.50. The molecule has 1 heterocycles. The highest BCUT2D eigenvalue weighted by atomic mass is 79.9. The molecule has 0 saturated carbocycles. The van der Waals surface area contributed by atoms with Crippen LogP contribution in [-0.4, -0.2) is 34.4 Å². The van der Waals surface area contributed by atoms with Crippen molar-refractivity contribution in [1.29, 1.82) is 0 Å². The maximum atomic E-state index is 12.6. The van der Waals surface area contributed by atoms with Gasteiger partial charge in [0, 0.05) is 31.0 Å². The number of hydrogen-bond acceptors (Lipinski definition) is 4. The Labute approximate surface area is 132 Å². The van der Waals surface area contributed by atoms with Gasteiger partial charge in [-0.05, 0) is 33.6 Å². The smallest absolute Gasteiger partial charge is 0.244 e. The molecule has 0 spiro atoms. The van der Waals surface area contributed by atoms with E-state index in [0.29, 0.717) is 15.9 Å². The zero-order chi connectivity index (χ0) is 15.6. The van der Waals surface area contributed by atoms with Crippen molar-refractivity contribution in [1.82, 2.24) is 13.9 Å². The van der Waals surface area contributed by atoms with Crippen LogP contribution in [-0.2, 0) is 30.2 Å². The summed E-state index contributed by atoms with van der Waals surface area (Å²) < 4.78 is 28.7. The van der Waals surface area contributed by atoms with Crippen molar-refractivity contribution in [2.45, 2.75) is 18.0 Å². The number of rotatable bonds is 5. The van der Waals surface area contributed by atoms with Crippen molar-refractivity contribution >= 4 is 26.0 Å². The molecule has 21 heavy (non-hydrogen) atoms. The third-order valence-corrected chi connectivity index (χ3v) is 5.95. The minimum Gasteiger partial charge on any atom is -0.392 e. The molecule has 0 aliphatic heterocycles. The fourth-order valence-electron chi connectivity index (χ4n) is 1.84. The van der Waals surface area contributed by atoms with E-state index < -0.39 is 10.0 Å². The lowest BCUT2D eigenvalue weighted by Gasteiger charge is -2.18. The molecule has 1 N–H and O–H groups in total. The maximum Gasteiger partial charge on any atom is 0.244 e. The molecule has 0 aliphatic carbocycles. The number of aryl methyl sites for hydroxylation is 1. The van der Waals surface area contributed by atoms with Gasteiger partial charge in [-0.2, -0.15) is 4.31 Å². The van der Waals surface area contributed by atoms with Crippen LogP contribution in [0.15, 0.2) is 40.0 Å². The molecule has 0 bridgehead atoms. The number of aliphatic hydroxyl groups is 1. The van der Waals surface area contributed by atoms with Crippen LogP contribution in [0.2, 0.25) is 0 Å². The Balaban J connectivity index is 2.35. The average molecular weight is 374 g/mol. The standard InChI is InChI=1S/C13H16BrN3O3S/c1-16-6-5-15-13(16)8-17(2)21(19,20)12-7-10(9-18)3-4-11(12)14/h3-7,18H,8-9H2,1-2H3. The normalized spacial score (nSPS) is 12.0. The second-order valence-corrected chi connectivity index (χ2v) is 7.51. The third-order valence-electron chi connectivity index (χ3n) is 3.15. The summed E-state index contributed by atoms with van der Waals surface area (Å²) in [6.07, 6.45) is 3.39. The fraction of sp³-hybridized carbons (Fsp3) is 0.308. The molecule has 2 rings (SSSR count). The van der Waals surface area contributed by atoms with Gasteiger partial charge in [-0.3, -0.25) is 0 Å². The molecule has 0 unspecified atom stereocenters. The number of halogens is 1. The summed E-state index contributed by atoms with van der Waals surface area (Å²) in [6, 6.07) is 4.75. The van der Waals surface area contributed by atoms with Crippen molar-refractivity contribution in [3.63, 3.8) is 0 Å². The van der Waals surface area contributed by atoms with Crippen LogP contribution in [0.5, 0.6) is 0 Å². The number of imidazole rings is 1. The van der Waals surface area contributed by atoms with E-state index in [9.17, 15) is 8.42 Å². The summed E-state index contributed by atoms with van der Waals surface area (Å²) in [5, 5.41) is 9.16. The molecule has 0 saturated heterocycles. The Morgan fingerprint density at radius 2 is 2.14 bits per heavy atom. The first kappa shape index (κ1) is 16.2. The minimum absolute atomic E-state index is 0.130. The second kappa shape index (κ2) is 6.27. The first-order valence-corrected chi connectivity index (χ1v) is 8.41. The lowest BCUT2D eigenvalue weighted by Crippen LogP contribution is -2.28. The van der Waals surface area contributed by atoms with Crippen LogP contribution < -0.4 is 0 Å². The topological polar surface area (TPSA) is 75.4 Å². The molecule has 8 heteroatoms. The summed E-state index contributed by atoms with van der Waals surface area (Å²) in [5.41, 5.74) is 0.544. The van der Waals surface area contributed by atoms with Gasteiger partial charge in [0.2, 0.25) is 10.0 Å². The molecule has 0 fully saturated rings. The molecule has 1 aromatic heterocycles. The van der Waals surface area contributed by atoms with Crippen LogP contribution in [0, 0.1) is 0 Å². The Morgan fingerprint density at radius 3 is 2.71 bits per heavy atom. The van der Waals surface area contributed by atoms with Crippen LogP contribution in [0.1, 0.15) is 11.4 Å². The molecular weight excluding hydrogens is 358 g/mol. The van der Waals surface area contributed by atoms with Gasteiger partial charge >= 0.3 is 0 Å². The van der Waals surface area contributed by atoms with E-state index in [1.165, 1.54) is 17.4 Å². The summed E-state index contributed by atoms with van der Waals surface area (Å²) in [5.74, 6) is 0.649. The zero-order valence-electron chi connectivity index (χ0n) is 11.7. The van der Waals surface area contributed by atoms with E-state index in [1.54, 1.807) is 29.1 Å². The van der Waals surface area contributed by atoms with Gasteiger partial charge in [0.05, 0.1) is 18.0 Å². The third kappa shape index (κ3) is 3.34. The Bertz CT molecular complexity index is 743. The summed E-state index contributed by atoms with van der Waals surface area (Å²) in [4.78, 5) is 4.25. The van der Waals surface area contributed by atoms with Gasteiger partial charge in [0.25, 0.3) is 0 Å². The lowest BCUT2D eigenvalue weighted by molar-refractivity contribution is 0.281. The van der Waals surface area contributed by atoms with Crippen molar-refractivity contribution in [2.75, 3.05) is 7.05 Å². The number of hydrogen-bond donors (Lipinski definition) is 1. The molecule has 1 aromatic carbocycles.